The first-order chi connectivity index (χ1) is 7.33. The summed E-state index contributed by atoms with van der Waals surface area (Å²) in [6.45, 7) is 0. The number of phenols is 1. The Labute approximate surface area is 97.9 Å². The van der Waals surface area contributed by atoms with Gasteiger partial charge in [-0.1, -0.05) is 46.3 Å². The van der Waals surface area contributed by atoms with Crippen molar-refractivity contribution in [2.45, 2.75) is 12.8 Å². The summed E-state index contributed by atoms with van der Waals surface area (Å²) in [5, 5.41) is 13.1. The number of hydrogen-bond acceptors (Lipinski definition) is 1. The Morgan fingerprint density at radius 2 is 1.87 bits per heavy atom. The Bertz CT molecular complexity index is 465. The van der Waals surface area contributed by atoms with Crippen molar-refractivity contribution in [3.8, 4) is 5.75 Å². The van der Waals surface area contributed by atoms with E-state index in [0.717, 1.165) is 23.7 Å². The minimum Gasteiger partial charge on any atom is -0.508 e. The summed E-state index contributed by atoms with van der Waals surface area (Å²) in [5.41, 5.74) is 1.06. The molecular weight excluding hydrogens is 252 g/mol. The molecule has 0 heterocycles. The Morgan fingerprint density at radius 1 is 1.07 bits per heavy atom. The highest BCUT2D eigenvalue weighted by Gasteiger charge is 2.05. The van der Waals surface area contributed by atoms with Crippen molar-refractivity contribution in [1.82, 2.24) is 0 Å². The van der Waals surface area contributed by atoms with Crippen molar-refractivity contribution in [2.24, 2.45) is 0 Å². The Morgan fingerprint density at radius 3 is 2.67 bits per heavy atom. The third-order valence-corrected chi connectivity index (χ3v) is 3.14. The molecule has 78 valence electrons. The van der Waals surface area contributed by atoms with Gasteiger partial charge in [-0.15, -0.1) is 0 Å². The van der Waals surface area contributed by atoms with Gasteiger partial charge < -0.3 is 5.11 Å². The molecule has 0 saturated carbocycles. The van der Waals surface area contributed by atoms with Gasteiger partial charge in [0.25, 0.3) is 0 Å². The first-order valence-corrected chi connectivity index (χ1v) is 6.20. The average Bonchev–Trinajstić information content (AvgIpc) is 2.28. The maximum atomic E-state index is 9.82. The smallest absolute Gasteiger partial charge is 0.119 e. The summed E-state index contributed by atoms with van der Waals surface area (Å²) in [4.78, 5) is 0. The first kappa shape index (κ1) is 10.5. The number of alkyl halides is 1. The summed E-state index contributed by atoms with van der Waals surface area (Å²) in [6, 6.07) is 11.9. The number of aromatic hydroxyl groups is 1. The molecule has 0 fully saturated rings. The molecule has 2 aromatic rings. The van der Waals surface area contributed by atoms with E-state index in [-0.39, 0.29) is 0 Å². The molecule has 15 heavy (non-hydrogen) atoms. The van der Waals surface area contributed by atoms with Crippen molar-refractivity contribution in [3.63, 3.8) is 0 Å². The van der Waals surface area contributed by atoms with Gasteiger partial charge in [0.05, 0.1) is 0 Å². The van der Waals surface area contributed by atoms with Crippen molar-refractivity contribution < 1.29 is 5.11 Å². The topological polar surface area (TPSA) is 20.2 Å². The number of fused-ring (bicyclic) bond motifs is 1. The minimum atomic E-state index is 0.412. The predicted octanol–water partition coefficient (Wildman–Crippen LogP) is 3.87. The average molecular weight is 265 g/mol. The lowest BCUT2D eigenvalue weighted by molar-refractivity contribution is 0.469. The number of aryl methyl sites for hydroxylation is 1. The van der Waals surface area contributed by atoms with Crippen LogP contribution in [0.25, 0.3) is 10.8 Å². The van der Waals surface area contributed by atoms with Crippen LogP contribution in [0.3, 0.4) is 0 Å². The lowest BCUT2D eigenvalue weighted by atomic mass is 10.0. The van der Waals surface area contributed by atoms with E-state index in [1.165, 1.54) is 10.8 Å². The molecule has 0 unspecified atom stereocenters. The van der Waals surface area contributed by atoms with Gasteiger partial charge in [-0.25, -0.2) is 0 Å². The molecule has 1 N–H and O–H groups in total. The van der Waals surface area contributed by atoms with Gasteiger partial charge >= 0.3 is 0 Å². The second-order valence-electron chi connectivity index (χ2n) is 3.58. The molecule has 2 heteroatoms. The van der Waals surface area contributed by atoms with Crippen LogP contribution >= 0.6 is 15.9 Å². The molecule has 0 aliphatic heterocycles. The fraction of sp³-hybridized carbons (Fsp3) is 0.231. The van der Waals surface area contributed by atoms with E-state index in [4.69, 9.17) is 0 Å². The highest BCUT2D eigenvalue weighted by Crippen LogP contribution is 2.28. The Balaban J connectivity index is 2.53. The third kappa shape index (κ3) is 2.15. The van der Waals surface area contributed by atoms with Crippen molar-refractivity contribution in [3.05, 3.63) is 42.0 Å². The zero-order chi connectivity index (χ0) is 10.7. The van der Waals surface area contributed by atoms with E-state index in [2.05, 4.69) is 28.1 Å². The predicted molar refractivity (Wildman–Crippen MR) is 67.7 cm³/mol. The summed E-state index contributed by atoms with van der Waals surface area (Å²) in [6.07, 6.45) is 1.96. The van der Waals surface area contributed by atoms with Crippen molar-refractivity contribution in [1.29, 1.82) is 0 Å². The first-order valence-electron chi connectivity index (χ1n) is 5.08. The normalized spacial score (nSPS) is 10.7. The van der Waals surface area contributed by atoms with Crippen LogP contribution in [-0.2, 0) is 6.42 Å². The molecule has 1 nitrogen and oxygen atoms in total. The molecule has 0 saturated heterocycles. The maximum Gasteiger partial charge on any atom is 0.119 e. The molecule has 0 aliphatic rings. The fourth-order valence-corrected chi connectivity index (χ4v) is 2.11. The SMILES string of the molecule is Oc1ccc2ccccc2c1CCCBr. The number of halogens is 1. The quantitative estimate of drug-likeness (QED) is 0.835. The second-order valence-corrected chi connectivity index (χ2v) is 4.37. The van der Waals surface area contributed by atoms with Crippen LogP contribution in [0.15, 0.2) is 36.4 Å². The molecular formula is C13H13BrO. The monoisotopic (exact) mass is 264 g/mol. The summed E-state index contributed by atoms with van der Waals surface area (Å²) < 4.78 is 0. The molecule has 0 amide bonds. The highest BCUT2D eigenvalue weighted by atomic mass is 79.9. The number of hydrogen-bond donors (Lipinski definition) is 1. The summed E-state index contributed by atoms with van der Waals surface area (Å²) >= 11 is 3.41. The molecule has 0 bridgehead atoms. The van der Waals surface area contributed by atoms with Gasteiger partial charge in [-0.05, 0) is 29.7 Å². The second kappa shape index (κ2) is 4.67. The summed E-state index contributed by atoms with van der Waals surface area (Å²) in [7, 11) is 0. The van der Waals surface area contributed by atoms with Gasteiger partial charge in [0.15, 0.2) is 0 Å². The zero-order valence-corrected chi connectivity index (χ0v) is 10.00. The zero-order valence-electron chi connectivity index (χ0n) is 8.41. The van der Waals surface area contributed by atoms with Crippen LogP contribution < -0.4 is 0 Å². The van der Waals surface area contributed by atoms with Gasteiger partial charge in [0.2, 0.25) is 0 Å². The van der Waals surface area contributed by atoms with Crippen molar-refractivity contribution in [2.75, 3.05) is 5.33 Å². The van der Waals surface area contributed by atoms with Gasteiger partial charge in [-0.3, -0.25) is 0 Å². The van der Waals surface area contributed by atoms with Crippen LogP contribution in [0.5, 0.6) is 5.75 Å². The van der Waals surface area contributed by atoms with E-state index >= 15 is 0 Å². The molecule has 0 aromatic heterocycles. The van der Waals surface area contributed by atoms with Crippen LogP contribution in [0, 0.1) is 0 Å². The molecule has 0 radical (unpaired) electrons. The van der Waals surface area contributed by atoms with E-state index in [0.29, 0.717) is 5.75 Å². The number of phenolic OH excluding ortho intramolecular Hbond substituents is 1. The van der Waals surface area contributed by atoms with Crippen LogP contribution in [0.1, 0.15) is 12.0 Å². The van der Waals surface area contributed by atoms with Gasteiger partial charge in [0.1, 0.15) is 5.75 Å². The van der Waals surface area contributed by atoms with E-state index in [9.17, 15) is 5.11 Å². The van der Waals surface area contributed by atoms with Gasteiger partial charge in [0, 0.05) is 10.9 Å². The lowest BCUT2D eigenvalue weighted by Gasteiger charge is -2.08. The fourth-order valence-electron chi connectivity index (χ4n) is 1.83. The van der Waals surface area contributed by atoms with E-state index in [1.807, 2.05) is 18.2 Å². The third-order valence-electron chi connectivity index (χ3n) is 2.58. The Hall–Kier alpha value is -1.02. The van der Waals surface area contributed by atoms with E-state index < -0.39 is 0 Å². The van der Waals surface area contributed by atoms with Crippen LogP contribution in [-0.4, -0.2) is 10.4 Å². The van der Waals surface area contributed by atoms with E-state index in [1.54, 1.807) is 6.07 Å². The molecule has 0 aliphatic carbocycles. The standard InChI is InChI=1S/C13H13BrO/c14-9-3-6-12-11-5-2-1-4-10(11)7-8-13(12)15/h1-2,4-5,7-8,15H,3,6,9H2. The number of rotatable bonds is 3. The van der Waals surface area contributed by atoms with Crippen LogP contribution in [0.2, 0.25) is 0 Å². The lowest BCUT2D eigenvalue weighted by Crippen LogP contribution is -1.89. The van der Waals surface area contributed by atoms with Gasteiger partial charge in [-0.2, -0.15) is 0 Å². The molecule has 2 aromatic carbocycles. The highest BCUT2D eigenvalue weighted by molar-refractivity contribution is 9.09. The largest absolute Gasteiger partial charge is 0.508 e. The Kier molecular flexibility index (Phi) is 3.27. The molecule has 0 atom stereocenters. The van der Waals surface area contributed by atoms with Crippen molar-refractivity contribution >= 4 is 26.7 Å². The molecule has 0 spiro atoms. The number of benzene rings is 2. The van der Waals surface area contributed by atoms with Crippen LogP contribution in [0.4, 0.5) is 0 Å². The minimum absolute atomic E-state index is 0.412. The summed E-state index contributed by atoms with van der Waals surface area (Å²) in [5.74, 6) is 0.412. The molecule has 2 rings (SSSR count). The maximum absolute atomic E-state index is 9.82.